The van der Waals surface area contributed by atoms with Crippen molar-refractivity contribution in [2.24, 2.45) is 0 Å². The van der Waals surface area contributed by atoms with Gasteiger partial charge in [0.25, 0.3) is 5.91 Å². The van der Waals surface area contributed by atoms with Gasteiger partial charge in [-0.1, -0.05) is 12.1 Å². The van der Waals surface area contributed by atoms with E-state index in [1.807, 2.05) is 45.0 Å². The number of amides is 3. The van der Waals surface area contributed by atoms with Gasteiger partial charge in [0.1, 0.15) is 5.75 Å². The van der Waals surface area contributed by atoms with Gasteiger partial charge in [0.15, 0.2) is 0 Å². The van der Waals surface area contributed by atoms with E-state index in [0.717, 1.165) is 17.7 Å². The normalized spacial score (nSPS) is 19.3. The minimum absolute atomic E-state index is 0.0408. The SMILES string of the molecule is CCOc1ccc([C@@H]2NC(=O)NC3=C2C(=O)N(CCCOC(C)C)C3)cc1. The summed E-state index contributed by atoms with van der Waals surface area (Å²) >= 11 is 0. The van der Waals surface area contributed by atoms with Gasteiger partial charge < -0.3 is 25.0 Å². The van der Waals surface area contributed by atoms with Crippen molar-refractivity contribution in [3.63, 3.8) is 0 Å². The van der Waals surface area contributed by atoms with Crippen molar-refractivity contribution in [1.29, 1.82) is 0 Å². The lowest BCUT2D eigenvalue weighted by Crippen LogP contribution is -2.44. The van der Waals surface area contributed by atoms with Crippen LogP contribution in [0.5, 0.6) is 5.75 Å². The quantitative estimate of drug-likeness (QED) is 0.686. The first-order chi connectivity index (χ1) is 13.0. The van der Waals surface area contributed by atoms with Crippen LogP contribution >= 0.6 is 0 Å². The molecule has 27 heavy (non-hydrogen) atoms. The molecule has 2 N–H and O–H groups in total. The second-order valence-corrected chi connectivity index (χ2v) is 6.93. The predicted octanol–water partition coefficient (Wildman–Crippen LogP) is 2.35. The first-order valence-electron chi connectivity index (χ1n) is 9.43. The van der Waals surface area contributed by atoms with E-state index in [1.165, 1.54) is 0 Å². The summed E-state index contributed by atoms with van der Waals surface area (Å²) in [7, 11) is 0. The molecule has 2 heterocycles. The molecule has 7 nitrogen and oxygen atoms in total. The van der Waals surface area contributed by atoms with Gasteiger partial charge >= 0.3 is 6.03 Å². The highest BCUT2D eigenvalue weighted by molar-refractivity contribution is 6.01. The van der Waals surface area contributed by atoms with E-state index in [-0.39, 0.29) is 18.0 Å². The van der Waals surface area contributed by atoms with E-state index < -0.39 is 6.04 Å². The zero-order valence-corrected chi connectivity index (χ0v) is 16.1. The molecule has 0 aromatic heterocycles. The van der Waals surface area contributed by atoms with E-state index in [1.54, 1.807) is 4.90 Å². The molecular weight excluding hydrogens is 346 g/mol. The molecule has 2 aliphatic heterocycles. The average molecular weight is 373 g/mol. The van der Waals surface area contributed by atoms with Crippen molar-refractivity contribution in [3.8, 4) is 5.75 Å². The van der Waals surface area contributed by atoms with Gasteiger partial charge in [-0.15, -0.1) is 0 Å². The zero-order valence-electron chi connectivity index (χ0n) is 16.1. The topological polar surface area (TPSA) is 79.9 Å². The summed E-state index contributed by atoms with van der Waals surface area (Å²) < 4.78 is 11.0. The molecule has 1 aromatic rings. The molecule has 7 heteroatoms. The van der Waals surface area contributed by atoms with Crippen LogP contribution in [0.3, 0.4) is 0 Å². The first-order valence-corrected chi connectivity index (χ1v) is 9.43. The molecule has 0 radical (unpaired) electrons. The highest BCUT2D eigenvalue weighted by Gasteiger charge is 2.40. The van der Waals surface area contributed by atoms with Crippen LogP contribution < -0.4 is 15.4 Å². The molecule has 2 aliphatic rings. The number of carbonyl (C=O) groups is 2. The predicted molar refractivity (Wildman–Crippen MR) is 101 cm³/mol. The average Bonchev–Trinajstić information content (AvgIpc) is 2.94. The van der Waals surface area contributed by atoms with Crippen LogP contribution in [0.25, 0.3) is 0 Å². The van der Waals surface area contributed by atoms with E-state index in [0.29, 0.717) is 37.6 Å². The van der Waals surface area contributed by atoms with Gasteiger partial charge in [0.05, 0.1) is 36.6 Å². The Kier molecular flexibility index (Phi) is 6.01. The van der Waals surface area contributed by atoms with Crippen LogP contribution in [-0.2, 0) is 9.53 Å². The standard InChI is InChI=1S/C20H27N3O4/c1-4-26-15-8-6-14(7-9-15)18-17-16(21-20(25)22-18)12-23(19(17)24)10-5-11-27-13(2)3/h6-9,13,18H,4-5,10-12H2,1-3H3,(H2,21,22,25)/t18-/m0/s1. The lowest BCUT2D eigenvalue weighted by Gasteiger charge is -2.25. The third kappa shape index (κ3) is 4.42. The Labute approximate surface area is 159 Å². The fraction of sp³-hybridized carbons (Fsp3) is 0.500. The minimum atomic E-state index is -0.450. The number of rotatable bonds is 8. The Hall–Kier alpha value is -2.54. The molecular formula is C20H27N3O4. The largest absolute Gasteiger partial charge is 0.494 e. The van der Waals surface area contributed by atoms with Gasteiger partial charge in [0, 0.05) is 13.2 Å². The maximum absolute atomic E-state index is 12.9. The third-order valence-electron chi connectivity index (χ3n) is 4.57. The molecule has 0 fully saturated rings. The number of nitrogens with one attached hydrogen (secondary N) is 2. The maximum atomic E-state index is 12.9. The van der Waals surface area contributed by atoms with E-state index >= 15 is 0 Å². The van der Waals surface area contributed by atoms with Crippen molar-refractivity contribution in [1.82, 2.24) is 15.5 Å². The highest BCUT2D eigenvalue weighted by Crippen LogP contribution is 2.33. The summed E-state index contributed by atoms with van der Waals surface area (Å²) in [6.45, 7) is 8.14. The lowest BCUT2D eigenvalue weighted by atomic mass is 9.96. The smallest absolute Gasteiger partial charge is 0.319 e. The summed E-state index contributed by atoms with van der Waals surface area (Å²) in [4.78, 5) is 26.8. The molecule has 3 amide bonds. The molecule has 0 saturated carbocycles. The van der Waals surface area contributed by atoms with Crippen LogP contribution in [0.4, 0.5) is 4.79 Å². The number of benzene rings is 1. The van der Waals surface area contributed by atoms with Crippen molar-refractivity contribution >= 4 is 11.9 Å². The van der Waals surface area contributed by atoms with Crippen LogP contribution in [-0.4, -0.2) is 49.2 Å². The number of hydrogen-bond donors (Lipinski definition) is 2. The van der Waals surface area contributed by atoms with E-state index in [9.17, 15) is 9.59 Å². The van der Waals surface area contributed by atoms with E-state index in [2.05, 4.69) is 10.6 Å². The zero-order chi connectivity index (χ0) is 19.4. The fourth-order valence-corrected chi connectivity index (χ4v) is 3.36. The van der Waals surface area contributed by atoms with Gasteiger partial charge in [-0.25, -0.2) is 4.79 Å². The number of urea groups is 1. The minimum Gasteiger partial charge on any atom is -0.494 e. The van der Waals surface area contributed by atoms with Gasteiger partial charge in [-0.05, 0) is 44.9 Å². The lowest BCUT2D eigenvalue weighted by molar-refractivity contribution is -0.126. The molecule has 146 valence electrons. The Morgan fingerprint density at radius 1 is 1.22 bits per heavy atom. The van der Waals surface area contributed by atoms with Gasteiger partial charge in [0.2, 0.25) is 0 Å². The maximum Gasteiger partial charge on any atom is 0.319 e. The van der Waals surface area contributed by atoms with Gasteiger partial charge in [-0.2, -0.15) is 0 Å². The number of hydrogen-bond acceptors (Lipinski definition) is 4. The van der Waals surface area contributed by atoms with Gasteiger partial charge in [-0.3, -0.25) is 4.79 Å². The van der Waals surface area contributed by atoms with Crippen molar-refractivity contribution in [3.05, 3.63) is 41.1 Å². The summed E-state index contributed by atoms with van der Waals surface area (Å²) in [5.74, 6) is 0.723. The summed E-state index contributed by atoms with van der Waals surface area (Å²) in [6, 6.07) is 6.75. The summed E-state index contributed by atoms with van der Waals surface area (Å²) in [6.07, 6.45) is 0.942. The molecule has 1 aromatic carbocycles. The number of carbonyl (C=O) groups excluding carboxylic acids is 2. The second kappa shape index (κ2) is 8.43. The van der Waals surface area contributed by atoms with Crippen molar-refractivity contribution in [2.45, 2.75) is 39.3 Å². The molecule has 3 rings (SSSR count). The highest BCUT2D eigenvalue weighted by atomic mass is 16.5. The third-order valence-corrected chi connectivity index (χ3v) is 4.57. The Morgan fingerprint density at radius 2 is 1.96 bits per heavy atom. The van der Waals surface area contributed by atoms with Crippen LogP contribution in [0.15, 0.2) is 35.5 Å². The molecule has 1 atom stereocenters. The summed E-state index contributed by atoms with van der Waals surface area (Å²) in [5.41, 5.74) is 2.16. The Morgan fingerprint density at radius 3 is 2.63 bits per heavy atom. The van der Waals surface area contributed by atoms with Crippen molar-refractivity contribution in [2.75, 3.05) is 26.3 Å². The molecule has 0 saturated heterocycles. The number of nitrogens with zero attached hydrogens (tertiary/aromatic N) is 1. The number of ether oxygens (including phenoxy) is 2. The molecule has 0 spiro atoms. The second-order valence-electron chi connectivity index (χ2n) is 6.93. The first kappa shape index (κ1) is 19.2. The fourth-order valence-electron chi connectivity index (χ4n) is 3.36. The van der Waals surface area contributed by atoms with Crippen LogP contribution in [0, 0.1) is 0 Å². The molecule has 0 unspecified atom stereocenters. The van der Waals surface area contributed by atoms with E-state index in [4.69, 9.17) is 9.47 Å². The van der Waals surface area contributed by atoms with Crippen LogP contribution in [0.2, 0.25) is 0 Å². The molecule has 0 bridgehead atoms. The summed E-state index contributed by atoms with van der Waals surface area (Å²) in [5, 5.41) is 5.66. The van der Waals surface area contributed by atoms with Crippen LogP contribution in [0.1, 0.15) is 38.8 Å². The van der Waals surface area contributed by atoms with Crippen molar-refractivity contribution < 1.29 is 19.1 Å². The molecule has 0 aliphatic carbocycles. The Balaban J connectivity index is 1.72. The monoisotopic (exact) mass is 373 g/mol. The Bertz CT molecular complexity index is 727.